The van der Waals surface area contributed by atoms with Crippen LogP contribution in [0.15, 0.2) is 42.1 Å². The predicted octanol–water partition coefficient (Wildman–Crippen LogP) is 4.78. The highest BCUT2D eigenvalue weighted by Gasteiger charge is 2.20. The molecule has 0 aliphatic heterocycles. The Morgan fingerprint density at radius 2 is 1.44 bits per heavy atom. The van der Waals surface area contributed by atoms with Crippen LogP contribution in [0.3, 0.4) is 0 Å². The second kappa shape index (κ2) is 5.29. The van der Waals surface area contributed by atoms with Crippen molar-refractivity contribution in [2.75, 3.05) is 0 Å². The van der Waals surface area contributed by atoms with Crippen molar-refractivity contribution in [2.45, 2.75) is 41.5 Å². The highest BCUT2D eigenvalue weighted by molar-refractivity contribution is 5.99. The fraction of sp³-hybridized carbons (Fsp3) is 0.533. The maximum atomic E-state index is 4.72. The van der Waals surface area contributed by atoms with Gasteiger partial charge in [-0.3, -0.25) is 4.99 Å². The van der Waals surface area contributed by atoms with E-state index in [0.29, 0.717) is 0 Å². The van der Waals surface area contributed by atoms with Crippen molar-refractivity contribution in [3.05, 3.63) is 37.1 Å². The van der Waals surface area contributed by atoms with Crippen LogP contribution in [0.25, 0.3) is 0 Å². The van der Waals surface area contributed by atoms with E-state index in [1.807, 2.05) is 12.2 Å². The van der Waals surface area contributed by atoms with Crippen LogP contribution >= 0.6 is 0 Å². The topological polar surface area (TPSA) is 12.4 Å². The van der Waals surface area contributed by atoms with E-state index in [9.17, 15) is 0 Å². The third-order valence-corrected chi connectivity index (χ3v) is 2.25. The molecule has 0 bridgehead atoms. The van der Waals surface area contributed by atoms with Crippen molar-refractivity contribution in [1.29, 1.82) is 0 Å². The Labute approximate surface area is 101 Å². The molecule has 0 spiro atoms. The average molecular weight is 219 g/mol. The van der Waals surface area contributed by atoms with E-state index in [1.54, 1.807) is 6.08 Å². The Balaban J connectivity index is 5.45. The molecule has 0 saturated heterocycles. The predicted molar refractivity (Wildman–Crippen MR) is 74.8 cm³/mol. The lowest BCUT2D eigenvalue weighted by molar-refractivity contribution is 0.494. The van der Waals surface area contributed by atoms with Gasteiger partial charge in [-0.15, -0.1) is 0 Å². The first kappa shape index (κ1) is 14.9. The summed E-state index contributed by atoms with van der Waals surface area (Å²) in [6, 6.07) is 0. The van der Waals surface area contributed by atoms with Gasteiger partial charge in [-0.1, -0.05) is 60.8 Å². The molecule has 0 aromatic carbocycles. The monoisotopic (exact) mass is 219 g/mol. The molecule has 0 aromatic heterocycles. The molecule has 1 nitrogen and oxygen atoms in total. The Hall–Kier alpha value is -1.11. The molecule has 0 unspecified atom stereocenters. The summed E-state index contributed by atoms with van der Waals surface area (Å²) in [5.74, 6) is 0. The molecular formula is C15H25N. The van der Waals surface area contributed by atoms with E-state index < -0.39 is 0 Å². The fourth-order valence-corrected chi connectivity index (χ4v) is 1.22. The number of hydrogen-bond donors (Lipinski definition) is 0. The van der Waals surface area contributed by atoms with Crippen LogP contribution in [-0.2, 0) is 0 Å². The molecule has 0 atom stereocenters. The number of rotatable bonds is 3. The smallest absolute Gasteiger partial charge is 0.0460 e. The van der Waals surface area contributed by atoms with Crippen LogP contribution < -0.4 is 0 Å². The lowest BCUT2D eigenvalue weighted by Gasteiger charge is -2.24. The Bertz CT molecular complexity index is 316. The highest BCUT2D eigenvalue weighted by Crippen LogP contribution is 2.29. The second-order valence-corrected chi connectivity index (χ2v) is 5.99. The largest absolute Gasteiger partial charge is 0.257 e. The van der Waals surface area contributed by atoms with Crippen molar-refractivity contribution in [2.24, 2.45) is 15.8 Å². The van der Waals surface area contributed by atoms with E-state index in [1.165, 1.54) is 0 Å². The molecule has 1 heteroatoms. The first-order valence-electron chi connectivity index (χ1n) is 5.67. The summed E-state index contributed by atoms with van der Waals surface area (Å²) in [5, 5.41) is 0. The highest BCUT2D eigenvalue weighted by atomic mass is 14.8. The van der Waals surface area contributed by atoms with E-state index in [0.717, 1.165) is 11.4 Å². The van der Waals surface area contributed by atoms with Gasteiger partial charge < -0.3 is 0 Å². The lowest BCUT2D eigenvalue weighted by Crippen LogP contribution is -2.20. The van der Waals surface area contributed by atoms with Gasteiger partial charge in [0.05, 0.1) is 0 Å². The van der Waals surface area contributed by atoms with Gasteiger partial charge in [0.25, 0.3) is 0 Å². The molecule has 16 heavy (non-hydrogen) atoms. The van der Waals surface area contributed by atoms with Gasteiger partial charge >= 0.3 is 0 Å². The van der Waals surface area contributed by atoms with Crippen molar-refractivity contribution in [3.8, 4) is 0 Å². The quantitative estimate of drug-likeness (QED) is 0.478. The summed E-state index contributed by atoms with van der Waals surface area (Å²) in [5.41, 5.74) is 2.09. The zero-order chi connectivity index (χ0) is 13.0. The molecular weight excluding hydrogens is 194 g/mol. The summed E-state index contributed by atoms with van der Waals surface area (Å²) in [6.45, 7) is 20.4. The minimum Gasteiger partial charge on any atom is -0.257 e. The van der Waals surface area contributed by atoms with Crippen molar-refractivity contribution < 1.29 is 0 Å². The van der Waals surface area contributed by atoms with E-state index in [4.69, 9.17) is 4.99 Å². The van der Waals surface area contributed by atoms with E-state index in [-0.39, 0.29) is 10.8 Å². The molecule has 0 saturated carbocycles. The standard InChI is InChI=1S/C15H25N/c1-9-11-13(15(6,7)8)16-12(10-2)14(3,4)5/h9-11H,1-2H2,3-8H3/b13-11-,16-12?. The zero-order valence-electron chi connectivity index (χ0n) is 11.6. The lowest BCUT2D eigenvalue weighted by atomic mass is 9.87. The van der Waals surface area contributed by atoms with Gasteiger partial charge in [-0.25, -0.2) is 0 Å². The summed E-state index contributed by atoms with van der Waals surface area (Å²) < 4.78 is 0. The summed E-state index contributed by atoms with van der Waals surface area (Å²) in [4.78, 5) is 4.72. The van der Waals surface area contributed by atoms with E-state index >= 15 is 0 Å². The molecule has 90 valence electrons. The molecule has 0 radical (unpaired) electrons. The number of hydrogen-bond acceptors (Lipinski definition) is 1. The van der Waals surface area contributed by atoms with Gasteiger partial charge in [0.15, 0.2) is 0 Å². The maximum absolute atomic E-state index is 4.72. The summed E-state index contributed by atoms with van der Waals surface area (Å²) in [6.07, 6.45) is 5.59. The molecule has 0 fully saturated rings. The first-order valence-corrected chi connectivity index (χ1v) is 5.67. The average Bonchev–Trinajstić information content (AvgIpc) is 2.07. The molecule has 0 rings (SSSR count). The maximum Gasteiger partial charge on any atom is 0.0460 e. The van der Waals surface area contributed by atoms with Crippen LogP contribution in [-0.4, -0.2) is 5.71 Å². The number of nitrogens with zero attached hydrogens (tertiary/aromatic N) is 1. The van der Waals surface area contributed by atoms with E-state index in [2.05, 4.69) is 54.7 Å². The summed E-state index contributed by atoms with van der Waals surface area (Å²) in [7, 11) is 0. The van der Waals surface area contributed by atoms with Crippen LogP contribution in [0.5, 0.6) is 0 Å². The van der Waals surface area contributed by atoms with Crippen molar-refractivity contribution >= 4 is 5.71 Å². The van der Waals surface area contributed by atoms with Crippen LogP contribution in [0.2, 0.25) is 0 Å². The van der Waals surface area contributed by atoms with Gasteiger partial charge in [0, 0.05) is 22.2 Å². The second-order valence-electron chi connectivity index (χ2n) is 5.99. The molecule has 0 aliphatic carbocycles. The molecule has 0 N–H and O–H groups in total. The van der Waals surface area contributed by atoms with Gasteiger partial charge in [0.1, 0.15) is 0 Å². The van der Waals surface area contributed by atoms with Crippen LogP contribution in [0.1, 0.15) is 41.5 Å². The third-order valence-electron chi connectivity index (χ3n) is 2.25. The molecule has 0 aliphatic rings. The Morgan fingerprint density at radius 1 is 0.938 bits per heavy atom. The Kier molecular flexibility index (Phi) is 4.92. The van der Waals surface area contributed by atoms with Crippen LogP contribution in [0, 0.1) is 10.8 Å². The summed E-state index contributed by atoms with van der Waals surface area (Å²) >= 11 is 0. The van der Waals surface area contributed by atoms with Crippen LogP contribution in [0.4, 0.5) is 0 Å². The SMILES string of the molecule is C=C/C=C(\N=C(C=C)C(C)(C)C)C(C)(C)C. The number of aliphatic imine (C=N–C) groups is 1. The van der Waals surface area contributed by atoms with Gasteiger partial charge in [-0.2, -0.15) is 0 Å². The fourth-order valence-electron chi connectivity index (χ4n) is 1.22. The number of allylic oxidation sites excluding steroid dienone is 4. The zero-order valence-corrected chi connectivity index (χ0v) is 11.6. The van der Waals surface area contributed by atoms with Gasteiger partial charge in [-0.05, 0) is 12.2 Å². The van der Waals surface area contributed by atoms with Crippen molar-refractivity contribution in [3.63, 3.8) is 0 Å². The molecule has 0 aromatic rings. The molecule has 0 amide bonds. The minimum absolute atomic E-state index is 0.0211. The minimum atomic E-state index is 0.0211. The first-order chi connectivity index (χ1) is 7.12. The third kappa shape index (κ3) is 4.61. The Morgan fingerprint density at radius 3 is 1.69 bits per heavy atom. The van der Waals surface area contributed by atoms with Crippen molar-refractivity contribution in [1.82, 2.24) is 0 Å². The normalized spacial score (nSPS) is 14.9. The van der Waals surface area contributed by atoms with Gasteiger partial charge in [0.2, 0.25) is 0 Å². The molecule has 0 heterocycles.